The summed E-state index contributed by atoms with van der Waals surface area (Å²) in [6.45, 7) is 3.15. The highest BCUT2D eigenvalue weighted by Gasteiger charge is 2.50. The predicted octanol–water partition coefficient (Wildman–Crippen LogP) is 1.40. The molecule has 0 N–H and O–H groups in total. The Morgan fingerprint density at radius 1 is 1.41 bits per heavy atom. The monoisotopic (exact) mass is 473 g/mol. The largest absolute Gasteiger partial charge is 0.385 e. The molecule has 0 saturated carbocycles. The number of hydrogen-bond acceptors (Lipinski definition) is 7. The minimum Gasteiger partial charge on any atom is -0.385 e. The number of ether oxygens (including phenoxy) is 1. The lowest BCUT2D eigenvalue weighted by atomic mass is 10.1. The number of nitro groups is 1. The molecule has 1 heterocycles. The van der Waals surface area contributed by atoms with Crippen LogP contribution >= 0.6 is 15.9 Å². The molecule has 1 amide bonds. The number of benzene rings is 1. The third kappa shape index (κ3) is 4.33. The van der Waals surface area contributed by atoms with Gasteiger partial charge >= 0.3 is 11.9 Å². The Morgan fingerprint density at radius 2 is 2.00 bits per heavy atom. The number of nitrogens with zero attached hydrogens (tertiary/aromatic N) is 2. The number of hydrogen-bond donors (Lipinski definition) is 0. The van der Waals surface area contributed by atoms with E-state index < -0.39 is 42.3 Å². The van der Waals surface area contributed by atoms with Crippen LogP contribution in [0.15, 0.2) is 35.5 Å². The van der Waals surface area contributed by atoms with Crippen molar-refractivity contribution in [1.29, 1.82) is 1.34 Å². The number of halogens is 1. The lowest BCUT2D eigenvalue weighted by Crippen LogP contribution is -2.64. The molecule has 1 aromatic carbocycles. The van der Waals surface area contributed by atoms with Crippen molar-refractivity contribution in [1.82, 2.24) is 4.90 Å². The average molecular weight is 474 g/mol. The highest BCUT2D eigenvalue weighted by molar-refractivity contribution is 9.10. The Hall–Kier alpha value is -1.92. The van der Waals surface area contributed by atoms with Crippen molar-refractivity contribution in [3.63, 3.8) is 0 Å². The molecule has 1 unspecified atom stereocenters. The van der Waals surface area contributed by atoms with Crippen LogP contribution in [-0.4, -0.2) is 46.3 Å². The molecule has 1 radical (unpaired) electrons. The van der Waals surface area contributed by atoms with Gasteiger partial charge in [0, 0.05) is 12.1 Å². The number of amides is 1. The van der Waals surface area contributed by atoms with E-state index in [1.54, 1.807) is 13.8 Å². The molecular weight excluding hydrogens is 459 g/mol. The van der Waals surface area contributed by atoms with Crippen LogP contribution in [0.2, 0.25) is 0 Å². The number of esters is 2. The van der Waals surface area contributed by atoms with E-state index in [4.69, 9.17) is 17.3 Å². The number of non-ortho nitro benzene ring substituents is 1. The maximum atomic E-state index is 12.6. The number of allylic oxidation sites excluding steroid dienone is 1. The summed E-state index contributed by atoms with van der Waals surface area (Å²) in [7, 11) is -0.0153. The summed E-state index contributed by atoms with van der Waals surface area (Å²) in [5.41, 5.74) is 0.0372. The van der Waals surface area contributed by atoms with Gasteiger partial charge in [0.05, 0.1) is 15.9 Å². The minimum atomic E-state index is -1.04. The first-order chi connectivity index (χ1) is 13.1. The van der Waals surface area contributed by atoms with Crippen molar-refractivity contribution in [2.75, 3.05) is 0 Å². The SMILES string of the molecule is [3H][B][S@](=S)C1[C@@H](Br)C(=O)N1C(C(=O)OC(=O)c1ccc([N+](=O)[O-])cc1)=C(C)C. The fourth-order valence-corrected chi connectivity index (χ4v) is 5.29. The molecule has 3 atom stereocenters. The van der Waals surface area contributed by atoms with E-state index in [1.165, 1.54) is 0 Å². The van der Waals surface area contributed by atoms with Gasteiger partial charge in [0.2, 0.25) is 5.91 Å². The number of alkyl halides is 1. The first-order valence-corrected chi connectivity index (χ1v) is 10.6. The third-order valence-corrected chi connectivity index (χ3v) is 6.42. The summed E-state index contributed by atoms with van der Waals surface area (Å²) in [6, 6.07) is 4.55. The molecule has 1 saturated heterocycles. The van der Waals surface area contributed by atoms with E-state index >= 15 is 0 Å². The average Bonchev–Trinajstić information content (AvgIpc) is 2.66. The van der Waals surface area contributed by atoms with Gasteiger partial charge in [0.15, 0.2) is 7.09 Å². The van der Waals surface area contributed by atoms with E-state index in [1.807, 2.05) is 0 Å². The van der Waals surface area contributed by atoms with Crippen LogP contribution in [0.5, 0.6) is 0 Å². The topological polar surface area (TPSA) is 107 Å². The predicted molar refractivity (Wildman–Crippen MR) is 107 cm³/mol. The number of rotatable bonds is 6. The highest BCUT2D eigenvalue weighted by Crippen LogP contribution is 2.34. The lowest BCUT2D eigenvalue weighted by Gasteiger charge is -2.45. The van der Waals surface area contributed by atoms with Crippen LogP contribution in [0.4, 0.5) is 5.69 Å². The molecule has 0 bridgehead atoms. The number of likely N-dealkylation sites (tertiary alicyclic amines) is 1. The standard InChI is InChI=1S/C15H13BBrN2O6S2/c1-7(2)11(18-12(20)10(17)13(18)27(16)26)15(22)25-14(21)8-3-5-9(6-4-8)19(23)24/h3-6,10,13,16H,1-2H3/t10-,13?,27+/m0/s1/i16T. The normalized spacial score (nSPS) is 20.0. The molecule has 1 fully saturated rings. The Morgan fingerprint density at radius 3 is 2.48 bits per heavy atom. The van der Waals surface area contributed by atoms with Gasteiger partial charge < -0.3 is 4.74 Å². The lowest BCUT2D eigenvalue weighted by molar-refractivity contribution is -0.384. The van der Waals surface area contributed by atoms with Crippen molar-refractivity contribution in [2.45, 2.75) is 24.0 Å². The van der Waals surface area contributed by atoms with Gasteiger partial charge in [-0.3, -0.25) is 19.8 Å². The molecule has 2 rings (SSSR count). The van der Waals surface area contributed by atoms with E-state index in [0.29, 0.717) is 5.57 Å². The summed E-state index contributed by atoms with van der Waals surface area (Å²) in [5.74, 6) is -2.48. The zero-order chi connectivity index (χ0) is 21.2. The molecule has 0 spiro atoms. The van der Waals surface area contributed by atoms with Crippen LogP contribution < -0.4 is 0 Å². The van der Waals surface area contributed by atoms with Gasteiger partial charge in [0.1, 0.15) is 10.5 Å². The zero-order valence-corrected chi connectivity index (χ0v) is 17.3. The van der Waals surface area contributed by atoms with Crippen molar-refractivity contribution in [3.8, 4) is 0 Å². The maximum Gasteiger partial charge on any atom is 0.362 e. The van der Waals surface area contributed by atoms with Crippen LogP contribution in [0, 0.1) is 10.1 Å². The Bertz CT molecular complexity index is 906. The van der Waals surface area contributed by atoms with E-state index in [-0.39, 0.29) is 16.9 Å². The summed E-state index contributed by atoms with van der Waals surface area (Å²) in [6.07, 6.45) is 0. The first kappa shape index (κ1) is 19.8. The smallest absolute Gasteiger partial charge is 0.362 e. The highest BCUT2D eigenvalue weighted by atomic mass is 79.9. The van der Waals surface area contributed by atoms with Gasteiger partial charge in [-0.15, -0.1) is 9.31 Å². The van der Waals surface area contributed by atoms with Crippen LogP contribution in [-0.2, 0) is 34.8 Å². The van der Waals surface area contributed by atoms with Gasteiger partial charge in [-0.05, 0) is 32.9 Å². The molecule has 8 nitrogen and oxygen atoms in total. The van der Waals surface area contributed by atoms with Crippen molar-refractivity contribution in [3.05, 3.63) is 51.2 Å². The molecule has 1 aliphatic rings. The fourth-order valence-electron chi connectivity index (χ4n) is 2.34. The van der Waals surface area contributed by atoms with Crippen LogP contribution in [0.25, 0.3) is 0 Å². The van der Waals surface area contributed by atoms with Gasteiger partial charge in [0.25, 0.3) is 5.69 Å². The molecule has 1 aliphatic heterocycles. The first-order valence-electron chi connectivity index (χ1n) is 7.94. The summed E-state index contributed by atoms with van der Waals surface area (Å²) in [4.78, 5) is 47.6. The minimum absolute atomic E-state index is 0.0561. The number of β-lactam (4-membered cyclic amide) rings is 1. The number of carbonyl (C=O) groups excluding carboxylic acids is 3. The number of carbonyl (C=O) groups is 3. The van der Waals surface area contributed by atoms with Crippen molar-refractivity contribution >= 4 is 67.0 Å². The molecule has 0 aliphatic carbocycles. The van der Waals surface area contributed by atoms with Gasteiger partial charge in [-0.1, -0.05) is 27.1 Å². The number of nitro benzene ring substituents is 1. The third-order valence-electron chi connectivity index (χ3n) is 3.62. The molecule has 141 valence electrons. The second-order valence-corrected chi connectivity index (χ2v) is 8.94. The second-order valence-electron chi connectivity index (χ2n) is 5.66. The summed E-state index contributed by atoms with van der Waals surface area (Å²) < 4.78 is 12.2. The van der Waals surface area contributed by atoms with E-state index in [9.17, 15) is 24.5 Å². The van der Waals surface area contributed by atoms with E-state index in [2.05, 4.69) is 15.9 Å². The Kier molecular flexibility index (Phi) is 6.17. The van der Waals surface area contributed by atoms with Crippen LogP contribution in [0.1, 0.15) is 24.2 Å². The molecule has 12 heteroatoms. The molecule has 27 heavy (non-hydrogen) atoms. The van der Waals surface area contributed by atoms with Crippen molar-refractivity contribution < 1.29 is 24.0 Å². The Labute approximate surface area is 172 Å². The molecular formula is C15H13BBrN2O6S2. The van der Waals surface area contributed by atoms with Gasteiger partial charge in [-0.25, -0.2) is 9.59 Å². The van der Waals surface area contributed by atoms with E-state index in [0.717, 1.165) is 36.3 Å². The Balaban J connectivity index is 2.23. The summed E-state index contributed by atoms with van der Waals surface area (Å²) in [5, 5.41) is 10.1. The molecule has 1 aromatic rings. The summed E-state index contributed by atoms with van der Waals surface area (Å²) >= 11 is 8.37. The fraction of sp³-hybridized carbons (Fsp3) is 0.267. The maximum absolute atomic E-state index is 12.6. The quantitative estimate of drug-likeness (QED) is 0.0897. The molecule has 0 aromatic heterocycles. The van der Waals surface area contributed by atoms with Crippen LogP contribution in [0.3, 0.4) is 0 Å². The second kappa shape index (κ2) is 8.40. The zero-order valence-electron chi connectivity index (χ0n) is 15.1. The van der Waals surface area contributed by atoms with Crippen molar-refractivity contribution in [2.24, 2.45) is 0 Å². The van der Waals surface area contributed by atoms with Gasteiger partial charge in [-0.2, -0.15) is 0 Å².